The van der Waals surface area contributed by atoms with Crippen LogP contribution in [0.25, 0.3) is 0 Å². The van der Waals surface area contributed by atoms with Crippen LogP contribution < -0.4 is 15.4 Å². The first-order chi connectivity index (χ1) is 13.0. The number of halogens is 1. The topological polar surface area (TPSA) is 70.7 Å². The van der Waals surface area contributed by atoms with Crippen LogP contribution >= 0.6 is 11.6 Å². The van der Waals surface area contributed by atoms with E-state index in [-0.39, 0.29) is 17.9 Å². The number of rotatable bonds is 4. The maximum absolute atomic E-state index is 12.5. The first-order valence-electron chi connectivity index (χ1n) is 8.86. The number of likely N-dealkylation sites (tertiary alicyclic amines) is 1. The van der Waals surface area contributed by atoms with Crippen molar-refractivity contribution in [3.05, 3.63) is 53.6 Å². The molecule has 1 atom stereocenters. The number of urea groups is 1. The second kappa shape index (κ2) is 8.77. The van der Waals surface area contributed by atoms with Gasteiger partial charge >= 0.3 is 6.03 Å². The predicted octanol–water partition coefficient (Wildman–Crippen LogP) is 4.12. The number of piperidine rings is 1. The third-order valence-corrected chi connectivity index (χ3v) is 4.73. The monoisotopic (exact) mass is 387 g/mol. The maximum atomic E-state index is 12.5. The van der Waals surface area contributed by atoms with Crippen molar-refractivity contribution in [1.82, 2.24) is 10.2 Å². The summed E-state index contributed by atoms with van der Waals surface area (Å²) in [5, 5.41) is 6.17. The Labute approximate surface area is 163 Å². The van der Waals surface area contributed by atoms with Crippen LogP contribution in [0.2, 0.25) is 5.02 Å². The van der Waals surface area contributed by atoms with E-state index in [1.165, 1.54) is 0 Å². The lowest BCUT2D eigenvalue weighted by Crippen LogP contribution is -2.46. The molecule has 7 heteroatoms. The van der Waals surface area contributed by atoms with Gasteiger partial charge in [-0.2, -0.15) is 0 Å². The lowest BCUT2D eigenvalue weighted by atomic mass is 9.97. The Morgan fingerprint density at radius 1 is 1.07 bits per heavy atom. The molecular formula is C20H22ClN3O3. The van der Waals surface area contributed by atoms with Gasteiger partial charge in [-0.3, -0.25) is 4.79 Å². The van der Waals surface area contributed by atoms with Crippen LogP contribution in [0.15, 0.2) is 48.5 Å². The summed E-state index contributed by atoms with van der Waals surface area (Å²) in [5.41, 5.74) is 0.672. The molecule has 0 bridgehead atoms. The number of benzene rings is 2. The fourth-order valence-electron chi connectivity index (χ4n) is 3.03. The summed E-state index contributed by atoms with van der Waals surface area (Å²) in [6.45, 7) is 1.08. The minimum absolute atomic E-state index is 0.0174. The molecule has 0 radical (unpaired) electrons. The molecule has 3 rings (SSSR count). The zero-order valence-corrected chi connectivity index (χ0v) is 15.8. The molecule has 1 saturated heterocycles. The van der Waals surface area contributed by atoms with Gasteiger partial charge in [-0.25, -0.2) is 4.79 Å². The summed E-state index contributed by atoms with van der Waals surface area (Å²) < 4.78 is 5.74. The van der Waals surface area contributed by atoms with Crippen molar-refractivity contribution in [2.45, 2.75) is 12.8 Å². The van der Waals surface area contributed by atoms with Crippen LogP contribution in [0, 0.1) is 5.92 Å². The molecule has 1 fully saturated rings. The van der Waals surface area contributed by atoms with Gasteiger partial charge in [-0.1, -0.05) is 11.6 Å². The van der Waals surface area contributed by atoms with Crippen LogP contribution in [0.1, 0.15) is 12.8 Å². The second-order valence-electron chi connectivity index (χ2n) is 6.41. The Morgan fingerprint density at radius 2 is 1.70 bits per heavy atom. The van der Waals surface area contributed by atoms with Crippen molar-refractivity contribution >= 4 is 29.2 Å². The second-order valence-corrected chi connectivity index (χ2v) is 6.85. The molecule has 2 aromatic rings. The number of nitrogens with one attached hydrogen (secondary N) is 2. The minimum atomic E-state index is -0.199. The van der Waals surface area contributed by atoms with Gasteiger partial charge in [0.05, 0.1) is 5.92 Å². The third-order valence-electron chi connectivity index (χ3n) is 4.48. The summed E-state index contributed by atoms with van der Waals surface area (Å²) in [4.78, 5) is 26.0. The van der Waals surface area contributed by atoms with Crippen molar-refractivity contribution in [2.24, 2.45) is 5.92 Å². The molecule has 1 aliphatic heterocycles. The van der Waals surface area contributed by atoms with Crippen LogP contribution in [-0.2, 0) is 4.79 Å². The normalized spacial score (nSPS) is 16.5. The standard InChI is InChI=1S/C20H22ClN3O3/c1-22-19(25)14-3-2-12-24(13-14)20(26)23-16-6-10-18(11-7-16)27-17-8-4-15(21)5-9-17/h4-11,14H,2-3,12-13H2,1H3,(H,22,25)(H,23,26)/t14-/m1/s1. The van der Waals surface area contributed by atoms with Crippen molar-refractivity contribution in [2.75, 3.05) is 25.5 Å². The predicted molar refractivity (Wildman–Crippen MR) is 105 cm³/mol. The Morgan fingerprint density at radius 3 is 2.33 bits per heavy atom. The third kappa shape index (κ3) is 5.14. The fraction of sp³-hybridized carbons (Fsp3) is 0.300. The van der Waals surface area contributed by atoms with Gasteiger partial charge < -0.3 is 20.3 Å². The number of hydrogen-bond donors (Lipinski definition) is 2. The summed E-state index contributed by atoms with van der Waals surface area (Å²) in [6.07, 6.45) is 1.62. The zero-order valence-electron chi connectivity index (χ0n) is 15.1. The Balaban J connectivity index is 1.56. The number of hydrogen-bond acceptors (Lipinski definition) is 3. The van der Waals surface area contributed by atoms with E-state index in [0.717, 1.165) is 12.8 Å². The zero-order chi connectivity index (χ0) is 19.2. The van der Waals surface area contributed by atoms with Crippen molar-refractivity contribution < 1.29 is 14.3 Å². The van der Waals surface area contributed by atoms with E-state index >= 15 is 0 Å². The highest BCUT2D eigenvalue weighted by Gasteiger charge is 2.27. The number of nitrogens with zero attached hydrogens (tertiary/aromatic N) is 1. The molecule has 0 spiro atoms. The average Bonchev–Trinajstić information content (AvgIpc) is 2.70. The minimum Gasteiger partial charge on any atom is -0.457 e. The van der Waals surface area contributed by atoms with E-state index < -0.39 is 0 Å². The Hall–Kier alpha value is -2.73. The van der Waals surface area contributed by atoms with E-state index in [1.54, 1.807) is 60.5 Å². The fourth-order valence-corrected chi connectivity index (χ4v) is 3.15. The molecule has 1 heterocycles. The number of carbonyl (C=O) groups excluding carboxylic acids is 2. The highest BCUT2D eigenvalue weighted by atomic mass is 35.5. The summed E-state index contributed by atoms with van der Waals surface area (Å²) in [5.74, 6) is 1.18. The number of carbonyl (C=O) groups is 2. The molecule has 0 aromatic heterocycles. The van der Waals surface area contributed by atoms with Crippen LogP contribution in [0.3, 0.4) is 0 Å². The van der Waals surface area contributed by atoms with E-state index in [2.05, 4.69) is 10.6 Å². The number of ether oxygens (including phenoxy) is 1. The van der Waals surface area contributed by atoms with Gasteiger partial charge in [-0.15, -0.1) is 0 Å². The van der Waals surface area contributed by atoms with E-state index in [0.29, 0.717) is 35.3 Å². The van der Waals surface area contributed by atoms with Crippen LogP contribution in [0.4, 0.5) is 10.5 Å². The van der Waals surface area contributed by atoms with Crippen molar-refractivity contribution in [3.8, 4) is 11.5 Å². The van der Waals surface area contributed by atoms with E-state index in [9.17, 15) is 9.59 Å². The molecule has 1 aliphatic rings. The van der Waals surface area contributed by atoms with Gasteiger partial charge in [-0.05, 0) is 61.4 Å². The van der Waals surface area contributed by atoms with Gasteiger partial charge in [0.2, 0.25) is 5.91 Å². The Bertz CT molecular complexity index is 793. The molecule has 2 N–H and O–H groups in total. The summed E-state index contributed by atoms with van der Waals surface area (Å²) in [7, 11) is 1.62. The van der Waals surface area contributed by atoms with Crippen LogP contribution in [0.5, 0.6) is 11.5 Å². The molecule has 0 saturated carbocycles. The highest BCUT2D eigenvalue weighted by molar-refractivity contribution is 6.30. The smallest absolute Gasteiger partial charge is 0.321 e. The van der Waals surface area contributed by atoms with Gasteiger partial charge in [0.1, 0.15) is 11.5 Å². The summed E-state index contributed by atoms with van der Waals surface area (Å²) in [6, 6.07) is 14.0. The number of anilines is 1. The van der Waals surface area contributed by atoms with Gasteiger partial charge in [0.15, 0.2) is 0 Å². The van der Waals surface area contributed by atoms with Crippen molar-refractivity contribution in [1.29, 1.82) is 0 Å². The highest BCUT2D eigenvalue weighted by Crippen LogP contribution is 2.25. The van der Waals surface area contributed by atoms with E-state index in [4.69, 9.17) is 16.3 Å². The lowest BCUT2D eigenvalue weighted by molar-refractivity contribution is -0.125. The van der Waals surface area contributed by atoms with Crippen molar-refractivity contribution in [3.63, 3.8) is 0 Å². The quantitative estimate of drug-likeness (QED) is 0.828. The molecule has 3 amide bonds. The number of amides is 3. The van der Waals surface area contributed by atoms with Gasteiger partial charge in [0, 0.05) is 30.8 Å². The molecule has 142 valence electrons. The molecular weight excluding hydrogens is 366 g/mol. The average molecular weight is 388 g/mol. The molecule has 2 aromatic carbocycles. The Kier molecular flexibility index (Phi) is 6.19. The summed E-state index contributed by atoms with van der Waals surface area (Å²) >= 11 is 5.86. The van der Waals surface area contributed by atoms with Gasteiger partial charge in [0.25, 0.3) is 0 Å². The molecule has 27 heavy (non-hydrogen) atoms. The lowest BCUT2D eigenvalue weighted by Gasteiger charge is -2.31. The largest absolute Gasteiger partial charge is 0.457 e. The molecule has 0 aliphatic carbocycles. The first-order valence-corrected chi connectivity index (χ1v) is 9.24. The molecule has 6 nitrogen and oxygen atoms in total. The first kappa shape index (κ1) is 19.0. The van der Waals surface area contributed by atoms with Crippen LogP contribution in [-0.4, -0.2) is 37.0 Å². The maximum Gasteiger partial charge on any atom is 0.321 e. The SMILES string of the molecule is CNC(=O)[C@@H]1CCCN(C(=O)Nc2ccc(Oc3ccc(Cl)cc3)cc2)C1. The molecule has 0 unspecified atom stereocenters. The van der Waals surface area contributed by atoms with E-state index in [1.807, 2.05) is 0 Å².